The second kappa shape index (κ2) is 185. The summed E-state index contributed by atoms with van der Waals surface area (Å²) in [4.78, 5) is 0. The van der Waals surface area contributed by atoms with Crippen LogP contribution < -0.4 is 0 Å². The van der Waals surface area contributed by atoms with Gasteiger partial charge in [0, 0.05) is 0 Å². The van der Waals surface area contributed by atoms with Crippen molar-refractivity contribution < 1.29 is 42.1 Å². The normalized spacial score (nSPS) is 2.57. The van der Waals surface area contributed by atoms with Crippen LogP contribution in [0.15, 0.2) is 0 Å². The minimum Gasteiger partial charge on any atom is -1.00 e. The fourth-order valence-electron chi connectivity index (χ4n) is 0. The van der Waals surface area contributed by atoms with Crippen LogP contribution in [0, 0.1) is 0 Å². The Bertz CT molecular complexity index is 8.28. The molecule has 14 heteroatoms. The van der Waals surface area contributed by atoms with Crippen molar-refractivity contribution >= 4 is 140 Å². The first-order valence-corrected chi connectivity index (χ1v) is 9.00. The molecule has 0 saturated carbocycles. The van der Waals surface area contributed by atoms with Crippen LogP contribution >= 0.6 is 0 Å². The molecule has 88 valence electrons. The van der Waals surface area contributed by atoms with Gasteiger partial charge in [-0.15, -0.1) is 0 Å². The maximum absolute atomic E-state index is 3.67. The third-order valence-electron chi connectivity index (χ3n) is 0. The summed E-state index contributed by atoms with van der Waals surface area (Å²) in [5.41, 5.74) is 0. The van der Waals surface area contributed by atoms with Crippen molar-refractivity contribution in [3.63, 3.8) is 0 Å². The fourth-order valence-corrected chi connectivity index (χ4v) is 0. The van der Waals surface area contributed by atoms with Gasteiger partial charge in [-0.05, 0) is 0 Å². The number of rotatable bonds is 0. The van der Waals surface area contributed by atoms with E-state index in [0.717, 1.165) is 0 Å². The van der Waals surface area contributed by atoms with Crippen molar-refractivity contribution in [1.82, 2.24) is 0 Å². The van der Waals surface area contributed by atoms with Gasteiger partial charge in [-0.2, -0.15) is 0 Å². The van der Waals surface area contributed by atoms with Gasteiger partial charge in [-0.25, -0.2) is 0 Å². The summed E-state index contributed by atoms with van der Waals surface area (Å²) in [5, 5.41) is 0. The Kier molecular flexibility index (Phi) is 664. The molecule has 0 rings (SSSR count). The average Bonchev–Trinajstić information content (AvgIpc) is 2.33. The molecule has 0 aromatic carbocycles. The summed E-state index contributed by atoms with van der Waals surface area (Å²) in [6, 6.07) is 0. The molecule has 0 bridgehead atoms. The molecular weight excluding hydrogens is 577 g/mol. The SMILES string of the molecule is [Mo+4].[Mo+4].[S-][S-].[S-][S-].[S-][S-].[S-][S-].[S-][S-].[S-][S-]. The molecule has 0 aliphatic rings. The maximum atomic E-state index is 3.67. The van der Waals surface area contributed by atoms with Crippen LogP contribution in [0.25, 0.3) is 0 Å². The van der Waals surface area contributed by atoms with E-state index in [0.29, 0.717) is 0 Å². The molecule has 0 saturated heterocycles. The summed E-state index contributed by atoms with van der Waals surface area (Å²) >= 11 is 44.0. The van der Waals surface area contributed by atoms with Gasteiger partial charge in [0.05, 0.1) is 0 Å². The molecule has 0 N–H and O–H groups in total. The first-order chi connectivity index (χ1) is 6.00. The Morgan fingerprint density at radius 1 is 0.214 bits per heavy atom. The van der Waals surface area contributed by atoms with Crippen LogP contribution in [0.4, 0.5) is 0 Å². The molecular formula is Mo2S12-4. The minimum atomic E-state index is 0. The van der Waals surface area contributed by atoms with E-state index in [1.807, 2.05) is 0 Å². The van der Waals surface area contributed by atoms with Crippen LogP contribution in [0.3, 0.4) is 0 Å². The molecule has 0 unspecified atom stereocenters. The number of hydrogen-bond donors (Lipinski definition) is 0. The average molecular weight is 577 g/mol. The molecule has 0 heterocycles. The largest absolute Gasteiger partial charge is 4.00 e. The van der Waals surface area contributed by atoms with Crippen LogP contribution in [-0.2, 0) is 182 Å². The second-order valence-electron chi connectivity index (χ2n) is 0. The van der Waals surface area contributed by atoms with E-state index in [9.17, 15) is 0 Å². The molecule has 0 fully saturated rings. The van der Waals surface area contributed by atoms with Gasteiger partial charge in [-0.3, -0.25) is 0 Å². The Morgan fingerprint density at radius 3 is 0.214 bits per heavy atom. The molecule has 14 heavy (non-hydrogen) atoms. The first kappa shape index (κ1) is 50.4. The zero-order valence-electron chi connectivity index (χ0n) is 5.72. The van der Waals surface area contributed by atoms with Gasteiger partial charge in [0.2, 0.25) is 0 Å². The second-order valence-corrected chi connectivity index (χ2v) is 0. The van der Waals surface area contributed by atoms with E-state index >= 15 is 0 Å². The minimum absolute atomic E-state index is 0. The smallest absolute Gasteiger partial charge is 1.00 e. The van der Waals surface area contributed by atoms with Crippen LogP contribution in [0.2, 0.25) is 0 Å². The molecule has 0 aliphatic carbocycles. The predicted octanol–water partition coefficient (Wildman–Crippen LogP) is -0.0338. The van der Waals surface area contributed by atoms with Crippen molar-refractivity contribution in [2.75, 3.05) is 0 Å². The monoisotopic (exact) mass is 579 g/mol. The van der Waals surface area contributed by atoms with E-state index < -0.39 is 0 Å². The standard InChI is InChI=1S/2Mo.6S2/c;;6*1-2/q2*+4;6*-2. The summed E-state index contributed by atoms with van der Waals surface area (Å²) in [7, 11) is 0. The molecule has 0 aromatic rings. The molecule has 0 aliphatic heterocycles. The third kappa shape index (κ3) is 155. The quantitative estimate of drug-likeness (QED) is 0.216. The van der Waals surface area contributed by atoms with E-state index in [1.54, 1.807) is 0 Å². The molecule has 0 radical (unpaired) electrons. The summed E-state index contributed by atoms with van der Waals surface area (Å²) in [5.74, 6) is 0. The Hall–Kier alpha value is 5.58. The molecule has 0 amide bonds. The third-order valence-corrected chi connectivity index (χ3v) is 0. The zero-order chi connectivity index (χ0) is 12.0. The van der Waals surface area contributed by atoms with Crippen LogP contribution in [0.1, 0.15) is 0 Å². The Morgan fingerprint density at radius 2 is 0.214 bits per heavy atom. The Labute approximate surface area is 178 Å². The van der Waals surface area contributed by atoms with Gasteiger partial charge >= 0.3 is 42.1 Å². The maximum Gasteiger partial charge on any atom is 4.00 e. The molecule has 0 nitrogen and oxygen atoms in total. The van der Waals surface area contributed by atoms with Crippen molar-refractivity contribution in [2.45, 2.75) is 0 Å². The van der Waals surface area contributed by atoms with Crippen LogP contribution in [-0.4, -0.2) is 0 Å². The van der Waals surface area contributed by atoms with Gasteiger partial charge in [0.25, 0.3) is 0 Å². The number of hydrogen-bond acceptors (Lipinski definition) is 12. The van der Waals surface area contributed by atoms with E-state index in [-0.39, 0.29) is 42.1 Å². The fraction of sp³-hybridized carbons (Fsp3) is 0. The first-order valence-electron chi connectivity index (χ1n) is 1.00. The topological polar surface area (TPSA) is 0 Å². The molecule has 0 aromatic heterocycles. The summed E-state index contributed by atoms with van der Waals surface area (Å²) < 4.78 is 0. The van der Waals surface area contributed by atoms with Crippen molar-refractivity contribution in [3.8, 4) is 0 Å². The Balaban J connectivity index is -0.00000000500. The predicted molar refractivity (Wildman–Crippen MR) is 88.4 cm³/mol. The van der Waals surface area contributed by atoms with Crippen molar-refractivity contribution in [3.05, 3.63) is 0 Å². The van der Waals surface area contributed by atoms with Gasteiger partial charge in [0.15, 0.2) is 0 Å². The molecule has 0 spiro atoms. The molecule has 0 atom stereocenters. The van der Waals surface area contributed by atoms with Gasteiger partial charge < -0.3 is 140 Å². The summed E-state index contributed by atoms with van der Waals surface area (Å²) in [6.07, 6.45) is 0. The van der Waals surface area contributed by atoms with Gasteiger partial charge in [-0.1, -0.05) is 0 Å². The zero-order valence-corrected chi connectivity index (χ0v) is 19.5. The van der Waals surface area contributed by atoms with Crippen molar-refractivity contribution in [2.24, 2.45) is 0 Å². The van der Waals surface area contributed by atoms with E-state index in [2.05, 4.69) is 140 Å². The van der Waals surface area contributed by atoms with E-state index in [4.69, 9.17) is 0 Å². The van der Waals surface area contributed by atoms with Crippen LogP contribution in [0.5, 0.6) is 0 Å². The van der Waals surface area contributed by atoms with Gasteiger partial charge in [0.1, 0.15) is 0 Å². The van der Waals surface area contributed by atoms with Crippen molar-refractivity contribution in [1.29, 1.82) is 0 Å². The van der Waals surface area contributed by atoms with E-state index in [1.165, 1.54) is 0 Å². The summed E-state index contributed by atoms with van der Waals surface area (Å²) in [6.45, 7) is 0.